The van der Waals surface area contributed by atoms with Gasteiger partial charge in [-0.05, 0) is 28.1 Å². The molecule has 0 spiro atoms. The fraction of sp³-hybridized carbons (Fsp3) is 0.250. The number of hydrogen-bond donors (Lipinski definition) is 2. The Balaban J connectivity index is 2.17. The number of H-pyrrole nitrogens is 1. The van der Waals surface area contributed by atoms with Crippen LogP contribution in [0.5, 0.6) is 0 Å². The van der Waals surface area contributed by atoms with Crippen molar-refractivity contribution in [2.75, 3.05) is 6.54 Å². The van der Waals surface area contributed by atoms with Gasteiger partial charge in [0.25, 0.3) is 0 Å². The lowest BCUT2D eigenvalue weighted by atomic mass is 10.1. The summed E-state index contributed by atoms with van der Waals surface area (Å²) in [6.07, 6.45) is 2.69. The molecule has 2 aromatic rings. The SMILES string of the molecule is S=c1nc(-c2ncccc2Br)[nH]c2c1CNCC2. The fourth-order valence-electron chi connectivity index (χ4n) is 2.04. The van der Waals surface area contributed by atoms with Crippen molar-refractivity contribution in [2.45, 2.75) is 13.0 Å². The Labute approximate surface area is 118 Å². The number of aromatic amines is 1. The predicted molar refractivity (Wildman–Crippen MR) is 75.8 cm³/mol. The quantitative estimate of drug-likeness (QED) is 0.792. The summed E-state index contributed by atoms with van der Waals surface area (Å²) in [7, 11) is 0. The first-order valence-electron chi connectivity index (χ1n) is 5.69. The van der Waals surface area contributed by atoms with Gasteiger partial charge in [-0.2, -0.15) is 0 Å². The van der Waals surface area contributed by atoms with Gasteiger partial charge < -0.3 is 10.3 Å². The van der Waals surface area contributed by atoms with Gasteiger partial charge in [0.05, 0.1) is 0 Å². The minimum absolute atomic E-state index is 0.656. The van der Waals surface area contributed by atoms with Crippen molar-refractivity contribution >= 4 is 28.1 Å². The van der Waals surface area contributed by atoms with Gasteiger partial charge in [-0.1, -0.05) is 12.2 Å². The normalized spacial score (nSPS) is 14.3. The van der Waals surface area contributed by atoms with Crippen LogP contribution in [0.1, 0.15) is 11.3 Å². The Morgan fingerprint density at radius 1 is 1.39 bits per heavy atom. The molecule has 0 radical (unpaired) electrons. The molecule has 0 amide bonds. The van der Waals surface area contributed by atoms with E-state index in [4.69, 9.17) is 12.2 Å². The molecule has 0 aromatic carbocycles. The molecule has 0 unspecified atom stereocenters. The summed E-state index contributed by atoms with van der Waals surface area (Å²) in [6, 6.07) is 3.83. The molecule has 1 aliphatic heterocycles. The molecule has 1 aliphatic rings. The van der Waals surface area contributed by atoms with Crippen molar-refractivity contribution in [3.63, 3.8) is 0 Å². The standard InChI is InChI=1S/C12H11BrN4S/c13-8-2-1-4-15-10(8)11-16-9-3-5-14-6-7(9)12(18)17-11/h1-2,4,14H,3,5-6H2,(H,16,17,18). The Kier molecular flexibility index (Phi) is 3.23. The third-order valence-electron chi connectivity index (χ3n) is 2.94. The van der Waals surface area contributed by atoms with Gasteiger partial charge in [-0.15, -0.1) is 0 Å². The monoisotopic (exact) mass is 322 g/mol. The molecule has 18 heavy (non-hydrogen) atoms. The van der Waals surface area contributed by atoms with E-state index < -0.39 is 0 Å². The van der Waals surface area contributed by atoms with Crippen LogP contribution in [0.2, 0.25) is 0 Å². The van der Waals surface area contributed by atoms with Crippen LogP contribution in [0.15, 0.2) is 22.8 Å². The smallest absolute Gasteiger partial charge is 0.159 e. The van der Waals surface area contributed by atoms with Crippen molar-refractivity contribution in [1.82, 2.24) is 20.3 Å². The second-order valence-corrected chi connectivity index (χ2v) is 5.35. The maximum absolute atomic E-state index is 5.36. The summed E-state index contributed by atoms with van der Waals surface area (Å²) in [5, 5.41) is 3.30. The Bertz CT molecular complexity index is 653. The summed E-state index contributed by atoms with van der Waals surface area (Å²) in [6.45, 7) is 1.76. The average Bonchev–Trinajstić information content (AvgIpc) is 2.39. The highest BCUT2D eigenvalue weighted by molar-refractivity contribution is 9.10. The topological polar surface area (TPSA) is 53.6 Å². The van der Waals surface area contributed by atoms with Crippen LogP contribution in [-0.2, 0) is 13.0 Å². The van der Waals surface area contributed by atoms with E-state index in [-0.39, 0.29) is 0 Å². The summed E-state index contributed by atoms with van der Waals surface area (Å²) < 4.78 is 1.57. The van der Waals surface area contributed by atoms with E-state index in [1.165, 1.54) is 5.69 Å². The van der Waals surface area contributed by atoms with Crippen LogP contribution in [0.4, 0.5) is 0 Å². The number of nitrogens with one attached hydrogen (secondary N) is 2. The largest absolute Gasteiger partial charge is 0.341 e. The van der Waals surface area contributed by atoms with Crippen LogP contribution in [-0.4, -0.2) is 21.5 Å². The van der Waals surface area contributed by atoms with Crippen molar-refractivity contribution in [3.8, 4) is 11.5 Å². The molecule has 2 aromatic heterocycles. The highest BCUT2D eigenvalue weighted by Crippen LogP contribution is 2.24. The predicted octanol–water partition coefficient (Wildman–Crippen LogP) is 2.61. The van der Waals surface area contributed by atoms with Crippen LogP contribution in [0, 0.1) is 4.64 Å². The molecule has 92 valence electrons. The lowest BCUT2D eigenvalue weighted by Crippen LogP contribution is -2.25. The van der Waals surface area contributed by atoms with Crippen LogP contribution in [0.3, 0.4) is 0 Å². The van der Waals surface area contributed by atoms with E-state index in [0.29, 0.717) is 4.64 Å². The van der Waals surface area contributed by atoms with Crippen LogP contribution >= 0.6 is 28.1 Å². The van der Waals surface area contributed by atoms with Crippen molar-refractivity contribution in [2.24, 2.45) is 0 Å². The van der Waals surface area contributed by atoms with Crippen molar-refractivity contribution in [1.29, 1.82) is 0 Å². The number of rotatable bonds is 1. The third kappa shape index (κ3) is 2.11. The van der Waals surface area contributed by atoms with E-state index in [2.05, 4.69) is 36.2 Å². The zero-order chi connectivity index (χ0) is 12.5. The van der Waals surface area contributed by atoms with Crippen LogP contribution in [0.25, 0.3) is 11.5 Å². The first-order chi connectivity index (χ1) is 8.75. The Morgan fingerprint density at radius 3 is 3.11 bits per heavy atom. The number of nitrogens with zero attached hydrogens (tertiary/aromatic N) is 2. The summed E-state index contributed by atoms with van der Waals surface area (Å²) in [5.41, 5.74) is 3.07. The van der Waals surface area contributed by atoms with Gasteiger partial charge in [0.15, 0.2) is 5.82 Å². The minimum atomic E-state index is 0.656. The van der Waals surface area contributed by atoms with Gasteiger partial charge in [-0.3, -0.25) is 4.98 Å². The van der Waals surface area contributed by atoms with E-state index in [9.17, 15) is 0 Å². The van der Waals surface area contributed by atoms with Gasteiger partial charge in [-0.25, -0.2) is 4.98 Å². The Hall–Kier alpha value is -1.11. The molecule has 0 aliphatic carbocycles. The summed E-state index contributed by atoms with van der Waals surface area (Å²) in [4.78, 5) is 12.1. The van der Waals surface area contributed by atoms with Crippen LogP contribution < -0.4 is 5.32 Å². The summed E-state index contributed by atoms with van der Waals surface area (Å²) >= 11 is 8.84. The number of hydrogen-bond acceptors (Lipinski definition) is 4. The van der Waals surface area contributed by atoms with Crippen molar-refractivity contribution in [3.05, 3.63) is 38.7 Å². The lowest BCUT2D eigenvalue weighted by Gasteiger charge is -2.17. The molecule has 6 heteroatoms. The molecule has 0 bridgehead atoms. The molecule has 2 N–H and O–H groups in total. The molecule has 3 rings (SSSR count). The van der Waals surface area contributed by atoms with E-state index in [0.717, 1.165) is 41.1 Å². The average molecular weight is 323 g/mol. The second kappa shape index (κ2) is 4.87. The van der Waals surface area contributed by atoms with Crippen molar-refractivity contribution < 1.29 is 0 Å². The molecule has 4 nitrogen and oxygen atoms in total. The minimum Gasteiger partial charge on any atom is -0.341 e. The Morgan fingerprint density at radius 2 is 2.28 bits per heavy atom. The molecular formula is C12H11BrN4S. The maximum atomic E-state index is 5.36. The lowest BCUT2D eigenvalue weighted by molar-refractivity contribution is 0.624. The molecular weight excluding hydrogens is 312 g/mol. The third-order valence-corrected chi connectivity index (χ3v) is 3.92. The first-order valence-corrected chi connectivity index (χ1v) is 6.89. The molecule has 0 fully saturated rings. The number of pyridine rings is 1. The van der Waals surface area contributed by atoms with E-state index in [1.54, 1.807) is 6.20 Å². The van der Waals surface area contributed by atoms with Gasteiger partial charge in [0.1, 0.15) is 10.3 Å². The fourth-order valence-corrected chi connectivity index (χ4v) is 2.77. The molecule has 0 saturated carbocycles. The highest BCUT2D eigenvalue weighted by Gasteiger charge is 2.15. The molecule has 3 heterocycles. The molecule has 0 saturated heterocycles. The summed E-state index contributed by atoms with van der Waals surface area (Å²) in [5.74, 6) is 0.730. The maximum Gasteiger partial charge on any atom is 0.159 e. The number of fused-ring (bicyclic) bond motifs is 1. The van der Waals surface area contributed by atoms with Gasteiger partial charge in [0, 0.05) is 41.4 Å². The molecule has 0 atom stereocenters. The highest BCUT2D eigenvalue weighted by atomic mass is 79.9. The zero-order valence-electron chi connectivity index (χ0n) is 9.53. The second-order valence-electron chi connectivity index (χ2n) is 4.11. The zero-order valence-corrected chi connectivity index (χ0v) is 11.9. The first kappa shape index (κ1) is 12.0. The number of aromatic nitrogens is 3. The van der Waals surface area contributed by atoms with Gasteiger partial charge >= 0.3 is 0 Å². The van der Waals surface area contributed by atoms with E-state index in [1.807, 2.05) is 12.1 Å². The van der Waals surface area contributed by atoms with Gasteiger partial charge in [0.2, 0.25) is 0 Å². The number of halogens is 1. The van der Waals surface area contributed by atoms with E-state index >= 15 is 0 Å².